The lowest BCUT2D eigenvalue weighted by atomic mass is 10.1. The molecule has 0 fully saturated rings. The first-order valence-electron chi connectivity index (χ1n) is 27.1. The lowest BCUT2D eigenvalue weighted by molar-refractivity contribution is -0.145. The largest absolute Gasteiger partial charge is 0.768 e. The zero-order valence-corrected chi connectivity index (χ0v) is 56.4. The van der Waals surface area contributed by atoms with Gasteiger partial charge in [-0.1, -0.05) is 13.3 Å². The van der Waals surface area contributed by atoms with Crippen molar-refractivity contribution in [2.45, 2.75) is 102 Å². The van der Waals surface area contributed by atoms with E-state index in [9.17, 15) is 81.3 Å². The predicted octanol–water partition coefficient (Wildman–Crippen LogP) is 5.13. The standard InChI is InChI=1S/C16H23NO6S.2C10H12O5S.C8H10O5S.C8H8O5S.C7H6O4S/c1-11-8-13(9-12(2)16(11)24(21)22)23-10-14(18)17-7-5-3-4-6-15(19)20;1-6-3-8(15-5-9(11)12)4-7(2)10(6)16(13)14;1-2-9(10(11)12)15-7-3-5-8(6-4-7)16(13)14;1-12-7-3-2-6(14(10)11)4-8(7)13-5-9;9-8(10)5-13-6-1-3-7(4-2-6)14(11)12;8-7(9)5-1-3-6(4-2-5)12(10)11/h8-9H,3-7,10H2,1-2H3,(H,17,18)(H,19,20)(H,21,22);3-4H,5H2,1-2H3,(H,11,12)(H,13,14);3-6,9H,2H2,1H3,(H,11,12)(H,13,14);2-4,9H,5H2,1H3,(H,10,11);1-4H,5H2,(H,9,10)(H,11,12);1-4H,(H,8,9)(H,10,11)/p-6. The van der Waals surface area contributed by atoms with Gasteiger partial charge in [-0.15, -0.1) is 0 Å². The smallest absolute Gasteiger partial charge is 0.344 e. The number of carbonyl (C=O) groups is 6. The van der Waals surface area contributed by atoms with Crippen molar-refractivity contribution in [2.24, 2.45) is 0 Å². The molecule has 528 valence electrons. The Morgan fingerprint density at radius 2 is 0.854 bits per heavy atom. The van der Waals surface area contributed by atoms with E-state index in [1.54, 1.807) is 46.8 Å². The number of aliphatic carboxylic acids is 4. The summed E-state index contributed by atoms with van der Waals surface area (Å²) in [4.78, 5) is 64.3. The molecule has 0 heterocycles. The van der Waals surface area contributed by atoms with E-state index in [1.165, 1.54) is 110 Å². The molecule has 0 radical (unpaired) electrons. The molecule has 6 aromatic rings. The van der Waals surface area contributed by atoms with Crippen LogP contribution < -0.4 is 33.7 Å². The minimum atomic E-state index is -2.32. The molecule has 7 atom stereocenters. The van der Waals surface area contributed by atoms with Crippen LogP contribution in [0.15, 0.2) is 145 Å². The normalized spacial score (nSPS) is 12.4. The van der Waals surface area contributed by atoms with Crippen molar-refractivity contribution in [1.82, 2.24) is 5.32 Å². The third kappa shape index (κ3) is 34.3. The molecule has 0 aliphatic rings. The quantitative estimate of drug-likeness (QED) is 0.0182. The maximum Gasteiger partial charge on any atom is 0.344 e. The van der Waals surface area contributed by atoms with Crippen molar-refractivity contribution in [2.75, 3.05) is 40.3 Å². The van der Waals surface area contributed by atoms with Gasteiger partial charge in [0.05, 0.1) is 12.7 Å². The van der Waals surface area contributed by atoms with Gasteiger partial charge in [0, 0.05) is 42.3 Å². The number of carboxylic acids is 5. The van der Waals surface area contributed by atoms with Gasteiger partial charge < -0.3 is 91.7 Å². The Morgan fingerprint density at radius 3 is 1.21 bits per heavy atom. The summed E-state index contributed by atoms with van der Waals surface area (Å²) in [5.74, 6) is -3.35. The van der Waals surface area contributed by atoms with E-state index in [-0.39, 0.29) is 59.6 Å². The SMILES string of the molecule is CCC(Oc1ccc(S(=O)[O-])cc1)C(=O)O.COc1ccc(S(=O)[O-])cc1OCO.Cc1cc(OCC(=O)NCCCCCC(=O)O)cc(C)c1S(=O)[O-].Cc1cc(OCC(=O)O)cc(C)c1S(=O)[O-].O=C(O)COc1ccc(S(=O)[O-])cc1.O=C(O)c1ccc(S(=O)[O-])cc1. The Labute approximate surface area is 564 Å². The Kier molecular flexibility index (Phi) is 40.9. The van der Waals surface area contributed by atoms with Crippen LogP contribution in [0.2, 0.25) is 0 Å². The molecule has 0 bridgehead atoms. The van der Waals surface area contributed by atoms with E-state index in [4.69, 9.17) is 59.1 Å². The fraction of sp³-hybridized carbons (Fsp3) is 0.288. The minimum Gasteiger partial charge on any atom is -0.768 e. The Bertz CT molecular complexity index is 3590. The minimum absolute atomic E-state index is 0.0733. The molecule has 1 amide bonds. The van der Waals surface area contributed by atoms with E-state index in [0.717, 1.165) is 6.42 Å². The maximum absolute atomic E-state index is 11.7. The summed E-state index contributed by atoms with van der Waals surface area (Å²) in [6, 6.07) is 26.3. The van der Waals surface area contributed by atoms with E-state index >= 15 is 0 Å². The number of amides is 1. The molecule has 37 heteroatoms. The van der Waals surface area contributed by atoms with Crippen LogP contribution in [0, 0.1) is 27.7 Å². The fourth-order valence-corrected chi connectivity index (χ4v) is 9.95. The molecule has 6 aromatic carbocycles. The van der Waals surface area contributed by atoms with Crippen LogP contribution in [0.25, 0.3) is 0 Å². The molecule has 7 N–H and O–H groups in total. The average Bonchev–Trinajstić information content (AvgIpc) is 0.951. The van der Waals surface area contributed by atoms with Crippen molar-refractivity contribution in [3.63, 3.8) is 0 Å². The lowest BCUT2D eigenvalue weighted by Crippen LogP contribution is -2.29. The highest BCUT2D eigenvalue weighted by molar-refractivity contribution is 7.80. The molecular formula is C59H65NO30S6-6. The van der Waals surface area contributed by atoms with E-state index in [1.807, 2.05) is 0 Å². The second-order valence-electron chi connectivity index (χ2n) is 18.6. The van der Waals surface area contributed by atoms with Gasteiger partial charge in [-0.25, -0.2) is 19.2 Å². The average molecular weight is 1460 g/mol. The van der Waals surface area contributed by atoms with Crippen molar-refractivity contribution >= 4 is 102 Å². The fourth-order valence-electron chi connectivity index (χ4n) is 7.21. The summed E-state index contributed by atoms with van der Waals surface area (Å²) < 4.78 is 158. The highest BCUT2D eigenvalue weighted by Crippen LogP contribution is 2.29. The zero-order chi connectivity index (χ0) is 72.8. The van der Waals surface area contributed by atoms with Gasteiger partial charge in [0.15, 0.2) is 44.2 Å². The van der Waals surface area contributed by atoms with Crippen molar-refractivity contribution < 1.29 is 140 Å². The summed E-state index contributed by atoms with van der Waals surface area (Å²) in [6.45, 7) is 7.17. The Hall–Kier alpha value is -8.44. The number of hydrogen-bond donors (Lipinski definition) is 7. The number of ether oxygens (including phenoxy) is 6. The Morgan fingerprint density at radius 1 is 0.458 bits per heavy atom. The third-order valence-corrected chi connectivity index (χ3v) is 16.0. The van der Waals surface area contributed by atoms with Gasteiger partial charge in [0.1, 0.15) is 23.0 Å². The van der Waals surface area contributed by atoms with Gasteiger partial charge in [0.2, 0.25) is 0 Å². The van der Waals surface area contributed by atoms with E-state index < -0.39 is 122 Å². The molecule has 0 spiro atoms. The number of aromatic carboxylic acids is 1. The van der Waals surface area contributed by atoms with Gasteiger partial charge >= 0.3 is 29.8 Å². The summed E-state index contributed by atoms with van der Waals surface area (Å²) in [6.07, 6.45) is 1.60. The molecule has 0 aromatic heterocycles. The molecule has 0 aliphatic carbocycles. The van der Waals surface area contributed by atoms with Crippen LogP contribution in [0.4, 0.5) is 0 Å². The number of aryl methyl sites for hydroxylation is 4. The number of benzene rings is 6. The number of unbranched alkanes of at least 4 members (excludes halogenated alkanes) is 2. The van der Waals surface area contributed by atoms with Crippen LogP contribution in [-0.4, -0.2) is 165 Å². The van der Waals surface area contributed by atoms with Crippen molar-refractivity contribution in [1.29, 1.82) is 0 Å². The first-order valence-corrected chi connectivity index (χ1v) is 33.5. The number of nitrogens with one attached hydrogen (secondary N) is 1. The molecule has 0 saturated carbocycles. The van der Waals surface area contributed by atoms with Gasteiger partial charge in [0.25, 0.3) is 5.91 Å². The molecule has 31 nitrogen and oxygen atoms in total. The van der Waals surface area contributed by atoms with Crippen LogP contribution in [-0.2, 0) is 90.5 Å². The summed E-state index contributed by atoms with van der Waals surface area (Å²) in [7, 11) is 1.42. The monoisotopic (exact) mass is 1460 g/mol. The summed E-state index contributed by atoms with van der Waals surface area (Å²) >= 11 is -13.8. The number of aliphatic hydroxyl groups is 1. The first kappa shape index (κ1) is 85.6. The third-order valence-electron chi connectivity index (χ3n) is 11.5. The first-order chi connectivity index (χ1) is 45.1. The molecule has 7 unspecified atom stereocenters. The topological polar surface area (TPSA) is 532 Å². The molecule has 96 heavy (non-hydrogen) atoms. The highest BCUT2D eigenvalue weighted by atomic mass is 32.2. The number of rotatable bonds is 29. The molecule has 0 aliphatic heterocycles. The van der Waals surface area contributed by atoms with Crippen LogP contribution in [0.1, 0.15) is 71.6 Å². The summed E-state index contributed by atoms with van der Waals surface area (Å²) in [5.41, 5.74) is 2.28. The lowest BCUT2D eigenvalue weighted by Gasteiger charge is -2.15. The van der Waals surface area contributed by atoms with Gasteiger partial charge in [-0.2, -0.15) is 0 Å². The van der Waals surface area contributed by atoms with E-state index in [2.05, 4.69) is 5.32 Å². The van der Waals surface area contributed by atoms with Crippen LogP contribution >= 0.6 is 0 Å². The van der Waals surface area contributed by atoms with Crippen molar-refractivity contribution in [3.8, 4) is 34.5 Å². The highest BCUT2D eigenvalue weighted by Gasteiger charge is 2.17. The summed E-state index contributed by atoms with van der Waals surface area (Å²) in [5, 5.41) is 53.7. The number of carboxylic acid groups (broad SMARTS) is 5. The van der Waals surface area contributed by atoms with Crippen molar-refractivity contribution in [3.05, 3.63) is 143 Å². The molecular weight excluding hydrogens is 1400 g/mol. The second-order valence-corrected chi connectivity index (χ2v) is 24.1. The second kappa shape index (κ2) is 45.9. The number of aliphatic hydroxyl groups excluding tert-OH is 1. The number of carbonyl (C=O) groups excluding carboxylic acids is 1. The zero-order valence-electron chi connectivity index (χ0n) is 51.5. The maximum atomic E-state index is 11.7. The number of hydrogen-bond acceptors (Lipinski definition) is 25. The van der Waals surface area contributed by atoms with Crippen LogP contribution in [0.5, 0.6) is 34.5 Å². The molecule has 6 rings (SSSR count). The van der Waals surface area contributed by atoms with Crippen LogP contribution in [0.3, 0.4) is 0 Å². The van der Waals surface area contributed by atoms with E-state index in [0.29, 0.717) is 76.8 Å². The predicted molar refractivity (Wildman–Crippen MR) is 335 cm³/mol. The van der Waals surface area contributed by atoms with Gasteiger partial charge in [-0.3, -0.25) is 34.8 Å². The molecule has 0 saturated heterocycles. The Balaban J connectivity index is 0.000000584. The van der Waals surface area contributed by atoms with Gasteiger partial charge in [-0.05, 0) is 251 Å². The number of methoxy groups -OCH3 is 1.